The molecule has 0 saturated heterocycles. The van der Waals surface area contributed by atoms with E-state index in [-0.39, 0.29) is 11.4 Å². The van der Waals surface area contributed by atoms with Crippen molar-refractivity contribution in [1.29, 1.82) is 0 Å². The molecule has 3 rings (SSSR count). The van der Waals surface area contributed by atoms with Crippen LogP contribution >= 0.6 is 23.2 Å². The molecule has 0 aliphatic heterocycles. The number of halogens is 2. The van der Waals surface area contributed by atoms with Crippen molar-refractivity contribution in [1.82, 2.24) is 10.3 Å². The molecule has 0 aliphatic carbocycles. The summed E-state index contributed by atoms with van der Waals surface area (Å²) in [6, 6.07) is 10.6. The first kappa shape index (κ1) is 28.9. The second-order valence-corrected chi connectivity index (χ2v) is 9.17. The molecule has 1 aromatic heterocycles. The summed E-state index contributed by atoms with van der Waals surface area (Å²) in [6.07, 6.45) is 0.553. The Hall–Kier alpha value is -3.69. The standard InChI is InChI=1S/C27H28Cl2N2O7/c1-14(31-26(33)24-25(32)20(35-3)10-11-30-24)27(34)38-15(2)23(18-8-6-16(28)12-21(18)36-4)19-9-7-17(29)13-22(19)37-5/h6-15,23,32H,1-5H3,(H,31,33)/t14-,15-/m0/s1. The lowest BCUT2D eigenvalue weighted by atomic mass is 9.86. The Labute approximate surface area is 230 Å². The van der Waals surface area contributed by atoms with Crippen LogP contribution in [0.5, 0.6) is 23.0 Å². The third-order valence-corrected chi connectivity index (χ3v) is 6.33. The Morgan fingerprint density at radius 2 is 1.39 bits per heavy atom. The van der Waals surface area contributed by atoms with Crippen LogP contribution in [-0.2, 0) is 9.53 Å². The molecule has 1 heterocycles. The molecule has 0 unspecified atom stereocenters. The number of nitrogens with one attached hydrogen (secondary N) is 1. The van der Waals surface area contributed by atoms with E-state index in [0.717, 1.165) is 0 Å². The maximum absolute atomic E-state index is 13.1. The molecular formula is C27H28Cl2N2O7. The number of rotatable bonds is 10. The Kier molecular flexibility index (Phi) is 9.66. The summed E-state index contributed by atoms with van der Waals surface area (Å²) in [7, 11) is 4.38. The van der Waals surface area contributed by atoms with Gasteiger partial charge in [0.15, 0.2) is 17.2 Å². The van der Waals surface area contributed by atoms with Gasteiger partial charge in [-0.25, -0.2) is 9.78 Å². The number of amides is 1. The van der Waals surface area contributed by atoms with Crippen LogP contribution < -0.4 is 19.5 Å². The smallest absolute Gasteiger partial charge is 0.328 e. The summed E-state index contributed by atoms with van der Waals surface area (Å²) in [6.45, 7) is 3.18. The van der Waals surface area contributed by atoms with Gasteiger partial charge in [0.1, 0.15) is 23.6 Å². The normalized spacial score (nSPS) is 12.4. The number of hydrogen-bond donors (Lipinski definition) is 2. The van der Waals surface area contributed by atoms with Gasteiger partial charge in [-0.2, -0.15) is 0 Å². The molecule has 0 fully saturated rings. The average molecular weight is 563 g/mol. The number of pyridine rings is 1. The highest BCUT2D eigenvalue weighted by molar-refractivity contribution is 6.31. The van der Waals surface area contributed by atoms with Gasteiger partial charge in [-0.1, -0.05) is 35.3 Å². The quantitative estimate of drug-likeness (QED) is 0.331. The van der Waals surface area contributed by atoms with Gasteiger partial charge in [-0.05, 0) is 38.1 Å². The van der Waals surface area contributed by atoms with E-state index in [1.807, 2.05) is 0 Å². The predicted octanol–water partition coefficient (Wildman–Crippen LogP) is 5.00. The average Bonchev–Trinajstić information content (AvgIpc) is 2.90. The molecule has 11 heteroatoms. The van der Waals surface area contributed by atoms with Crippen molar-refractivity contribution in [2.75, 3.05) is 21.3 Å². The second kappa shape index (κ2) is 12.7. The van der Waals surface area contributed by atoms with Gasteiger partial charge in [0.2, 0.25) is 0 Å². The maximum Gasteiger partial charge on any atom is 0.328 e. The molecule has 9 nitrogen and oxygen atoms in total. The Morgan fingerprint density at radius 3 is 1.89 bits per heavy atom. The van der Waals surface area contributed by atoms with Crippen molar-refractivity contribution in [2.45, 2.75) is 31.9 Å². The van der Waals surface area contributed by atoms with E-state index in [2.05, 4.69) is 10.3 Å². The van der Waals surface area contributed by atoms with Gasteiger partial charge in [-0.3, -0.25) is 4.79 Å². The summed E-state index contributed by atoms with van der Waals surface area (Å²) in [4.78, 5) is 29.6. The van der Waals surface area contributed by atoms with Crippen molar-refractivity contribution in [3.8, 4) is 23.0 Å². The van der Waals surface area contributed by atoms with Crippen LogP contribution in [0.4, 0.5) is 0 Å². The molecule has 38 heavy (non-hydrogen) atoms. The second-order valence-electron chi connectivity index (χ2n) is 8.30. The minimum atomic E-state index is -1.07. The fourth-order valence-corrected chi connectivity index (χ4v) is 4.33. The third kappa shape index (κ3) is 6.41. The minimum Gasteiger partial charge on any atom is -0.503 e. The van der Waals surface area contributed by atoms with Crippen molar-refractivity contribution in [3.63, 3.8) is 0 Å². The summed E-state index contributed by atoms with van der Waals surface area (Å²) >= 11 is 12.4. The first-order valence-electron chi connectivity index (χ1n) is 11.5. The number of carbonyl (C=O) groups is 2. The molecule has 2 aromatic carbocycles. The van der Waals surface area contributed by atoms with Crippen molar-refractivity contribution in [2.24, 2.45) is 0 Å². The van der Waals surface area contributed by atoms with Gasteiger partial charge < -0.3 is 29.4 Å². The molecule has 0 spiro atoms. The van der Waals surface area contributed by atoms with Crippen LogP contribution in [0.3, 0.4) is 0 Å². The minimum absolute atomic E-state index is 0.0747. The van der Waals surface area contributed by atoms with E-state index in [1.165, 1.54) is 40.5 Å². The highest BCUT2D eigenvalue weighted by Crippen LogP contribution is 2.41. The van der Waals surface area contributed by atoms with Gasteiger partial charge in [0.05, 0.1) is 27.2 Å². The fourth-order valence-electron chi connectivity index (χ4n) is 4.00. The lowest BCUT2D eigenvalue weighted by molar-refractivity contribution is -0.150. The molecule has 0 bridgehead atoms. The molecule has 2 atom stereocenters. The van der Waals surface area contributed by atoms with E-state index in [4.69, 9.17) is 42.1 Å². The highest BCUT2D eigenvalue weighted by Gasteiger charge is 2.32. The summed E-state index contributed by atoms with van der Waals surface area (Å²) in [5.41, 5.74) is 1.10. The van der Waals surface area contributed by atoms with Gasteiger partial charge in [0.25, 0.3) is 5.91 Å². The van der Waals surface area contributed by atoms with E-state index < -0.39 is 35.7 Å². The van der Waals surface area contributed by atoms with Crippen LogP contribution in [0.2, 0.25) is 10.0 Å². The zero-order chi connectivity index (χ0) is 28.0. The van der Waals surface area contributed by atoms with Crippen LogP contribution in [0.25, 0.3) is 0 Å². The molecule has 1 amide bonds. The number of aromatic nitrogens is 1. The van der Waals surface area contributed by atoms with E-state index >= 15 is 0 Å². The Morgan fingerprint density at radius 1 is 0.868 bits per heavy atom. The number of hydrogen-bond acceptors (Lipinski definition) is 8. The van der Waals surface area contributed by atoms with Gasteiger partial charge >= 0.3 is 5.97 Å². The van der Waals surface area contributed by atoms with E-state index in [9.17, 15) is 14.7 Å². The molecule has 2 N–H and O–H groups in total. The first-order valence-corrected chi connectivity index (χ1v) is 12.3. The third-order valence-electron chi connectivity index (χ3n) is 5.86. The molecule has 3 aromatic rings. The summed E-state index contributed by atoms with van der Waals surface area (Å²) < 4.78 is 22.0. The molecule has 0 aliphatic rings. The first-order chi connectivity index (χ1) is 18.1. The van der Waals surface area contributed by atoms with Crippen molar-refractivity contribution >= 4 is 35.1 Å². The fraction of sp³-hybridized carbons (Fsp3) is 0.296. The molecule has 202 valence electrons. The number of methoxy groups -OCH3 is 3. The Balaban J connectivity index is 1.89. The summed E-state index contributed by atoms with van der Waals surface area (Å²) in [5.74, 6) is -1.42. The lowest BCUT2D eigenvalue weighted by Gasteiger charge is -2.28. The number of benzene rings is 2. The Bertz CT molecular complexity index is 1270. The van der Waals surface area contributed by atoms with E-state index in [0.29, 0.717) is 32.7 Å². The van der Waals surface area contributed by atoms with Crippen molar-refractivity contribution < 1.29 is 33.6 Å². The lowest BCUT2D eigenvalue weighted by Crippen LogP contribution is -2.41. The highest BCUT2D eigenvalue weighted by atomic mass is 35.5. The maximum atomic E-state index is 13.1. The monoisotopic (exact) mass is 562 g/mol. The van der Waals surface area contributed by atoms with E-state index in [1.54, 1.807) is 43.3 Å². The number of esters is 1. The van der Waals surface area contributed by atoms with Crippen LogP contribution in [0.1, 0.15) is 41.4 Å². The summed E-state index contributed by atoms with van der Waals surface area (Å²) in [5, 5.41) is 13.7. The largest absolute Gasteiger partial charge is 0.503 e. The predicted molar refractivity (Wildman–Crippen MR) is 143 cm³/mol. The number of aromatic hydroxyl groups is 1. The zero-order valence-corrected chi connectivity index (χ0v) is 23.0. The van der Waals surface area contributed by atoms with Crippen molar-refractivity contribution in [3.05, 3.63) is 75.5 Å². The molecular weight excluding hydrogens is 535 g/mol. The number of nitrogens with zero attached hydrogens (tertiary/aromatic N) is 1. The van der Waals surface area contributed by atoms with Crippen LogP contribution in [0, 0.1) is 0 Å². The molecule has 0 saturated carbocycles. The number of carbonyl (C=O) groups excluding carboxylic acids is 2. The van der Waals surface area contributed by atoms with Crippen LogP contribution in [0.15, 0.2) is 48.7 Å². The molecule has 0 radical (unpaired) electrons. The van der Waals surface area contributed by atoms with Gasteiger partial charge in [-0.15, -0.1) is 0 Å². The zero-order valence-electron chi connectivity index (χ0n) is 21.5. The number of ether oxygens (including phenoxy) is 4. The topological polar surface area (TPSA) is 116 Å². The van der Waals surface area contributed by atoms with Gasteiger partial charge in [0, 0.05) is 33.4 Å². The van der Waals surface area contributed by atoms with Crippen LogP contribution in [-0.4, -0.2) is 55.4 Å². The SMILES string of the molecule is COc1cc(Cl)ccc1C(c1ccc(Cl)cc1OC)[C@H](C)OC(=O)[C@H](C)NC(=O)c1nccc(OC)c1O.